The molecular formula is C44H36N12Na2O6S2. The molecule has 66 heavy (non-hydrogen) atoms. The zero-order chi connectivity index (χ0) is 44.5. The summed E-state index contributed by atoms with van der Waals surface area (Å²) in [5, 5.41) is 18.6. The van der Waals surface area contributed by atoms with Crippen LogP contribution in [0.25, 0.3) is 0 Å². The molecule has 0 fully saturated rings. The summed E-state index contributed by atoms with van der Waals surface area (Å²) >= 11 is 0. The molecule has 0 saturated heterocycles. The fraction of sp³-hybridized carbons (Fsp3) is 0.0455. The number of para-hydroxylation sites is 2. The van der Waals surface area contributed by atoms with Crippen LogP contribution in [0.5, 0.6) is 0 Å². The molecule has 0 aliphatic heterocycles. The second-order valence-corrected chi connectivity index (χ2v) is 16.7. The van der Waals surface area contributed by atoms with Crippen molar-refractivity contribution in [1.82, 2.24) is 29.9 Å². The number of hydrogen-bond acceptors (Lipinski definition) is 18. The van der Waals surface area contributed by atoms with E-state index in [9.17, 15) is 25.9 Å². The summed E-state index contributed by atoms with van der Waals surface area (Å²) in [5.74, 6) is 1.07. The summed E-state index contributed by atoms with van der Waals surface area (Å²) in [5.41, 5.74) is 5.68. The van der Waals surface area contributed by atoms with Gasteiger partial charge < -0.3 is 41.0 Å². The van der Waals surface area contributed by atoms with Crippen molar-refractivity contribution < 1.29 is 85.1 Å². The van der Waals surface area contributed by atoms with E-state index in [0.29, 0.717) is 22.7 Å². The molecular weight excluding hydrogens is 903 g/mol. The van der Waals surface area contributed by atoms with Crippen molar-refractivity contribution in [3.05, 3.63) is 169 Å². The molecule has 0 bridgehead atoms. The number of hydrogen-bond donors (Lipinski definition) is 6. The van der Waals surface area contributed by atoms with Gasteiger partial charge >= 0.3 is 59.1 Å². The number of anilines is 12. The second kappa shape index (κ2) is 22.4. The van der Waals surface area contributed by atoms with E-state index in [1.54, 1.807) is 12.1 Å². The molecule has 0 amide bonds. The minimum absolute atomic E-state index is 0. The van der Waals surface area contributed by atoms with Crippen LogP contribution in [0.4, 0.5) is 69.8 Å². The first-order chi connectivity index (χ1) is 30.9. The standard InChI is InChI=1S/C44H38N12O6S2.2Na/c57-63(58,59)37-15-7-13-35(27-37)49-43-53-39(45-31-9-3-1-4-10-31)51-41(55-43)47-33-23-19-29(20-24-33)17-18-30-21-25-34(26-22-30)48-42-52-40(46-32-11-5-2-6-12-32)54-44(56-42)50-36-14-8-16-38(28-36)64(60,61)62;;/h1-16,19-28H,17-18H2,(H,57,58,59)(H,60,61,62)(H3,45,47,49,51,53,55)(H3,46,48,50,52,54,56);;/q;2*+1/p-2. The Morgan fingerprint density at radius 3 is 0.879 bits per heavy atom. The van der Waals surface area contributed by atoms with Crippen molar-refractivity contribution in [2.45, 2.75) is 22.6 Å². The van der Waals surface area contributed by atoms with Crippen molar-refractivity contribution in [3.63, 3.8) is 0 Å². The fourth-order valence-electron chi connectivity index (χ4n) is 6.16. The monoisotopic (exact) mass is 938 g/mol. The number of aryl methyl sites for hydroxylation is 2. The average Bonchev–Trinajstić information content (AvgIpc) is 3.27. The Hall–Kier alpha value is -6.04. The predicted octanol–water partition coefficient (Wildman–Crippen LogP) is 2.12. The number of nitrogens with zero attached hydrogens (tertiary/aromatic N) is 6. The van der Waals surface area contributed by atoms with E-state index in [2.05, 4.69) is 61.8 Å². The van der Waals surface area contributed by atoms with Gasteiger partial charge in [-0.05, 0) is 109 Å². The maximum absolute atomic E-state index is 11.6. The third kappa shape index (κ3) is 14.2. The van der Waals surface area contributed by atoms with E-state index >= 15 is 0 Å². The molecule has 0 atom stereocenters. The van der Waals surface area contributed by atoms with E-state index in [-0.39, 0.29) is 105 Å². The van der Waals surface area contributed by atoms with E-state index in [1.165, 1.54) is 36.4 Å². The quantitative estimate of drug-likeness (QED) is 0.0564. The van der Waals surface area contributed by atoms with Crippen LogP contribution >= 0.6 is 0 Å². The molecule has 322 valence electrons. The first kappa shape index (κ1) is 49.4. The zero-order valence-corrected chi connectivity index (χ0v) is 41.0. The molecule has 0 spiro atoms. The van der Waals surface area contributed by atoms with Gasteiger partial charge in [0.05, 0.1) is 9.79 Å². The van der Waals surface area contributed by atoms with Crippen molar-refractivity contribution in [2.75, 3.05) is 31.9 Å². The Balaban J connectivity index is 0.00000360. The maximum atomic E-state index is 11.6. The molecule has 0 radical (unpaired) electrons. The van der Waals surface area contributed by atoms with Crippen LogP contribution < -0.4 is 91.0 Å². The van der Waals surface area contributed by atoms with E-state index in [0.717, 1.165) is 35.3 Å². The van der Waals surface area contributed by atoms with Crippen molar-refractivity contribution in [3.8, 4) is 0 Å². The normalized spacial score (nSPS) is 11.0. The molecule has 18 nitrogen and oxygen atoms in total. The fourth-order valence-corrected chi connectivity index (χ4v) is 7.19. The molecule has 2 heterocycles. The molecule has 6 N–H and O–H groups in total. The predicted molar refractivity (Wildman–Crippen MR) is 241 cm³/mol. The Labute approximate surface area is 424 Å². The molecule has 22 heteroatoms. The van der Waals surface area contributed by atoms with Gasteiger partial charge in [-0.2, -0.15) is 29.9 Å². The Bertz CT molecular complexity index is 2920. The molecule has 0 unspecified atom stereocenters. The Kier molecular flexibility index (Phi) is 16.8. The summed E-state index contributed by atoms with van der Waals surface area (Å²) < 4.78 is 69.7. The van der Waals surface area contributed by atoms with Crippen molar-refractivity contribution in [1.29, 1.82) is 0 Å². The van der Waals surface area contributed by atoms with Crippen LogP contribution in [-0.2, 0) is 33.1 Å². The van der Waals surface area contributed by atoms with Crippen molar-refractivity contribution in [2.24, 2.45) is 0 Å². The van der Waals surface area contributed by atoms with Gasteiger partial charge in [0.2, 0.25) is 35.7 Å². The Morgan fingerprint density at radius 1 is 0.333 bits per heavy atom. The third-order valence-corrected chi connectivity index (χ3v) is 10.9. The van der Waals surface area contributed by atoms with Crippen LogP contribution in [-0.4, -0.2) is 55.8 Å². The molecule has 6 aromatic carbocycles. The summed E-state index contributed by atoms with van der Waals surface area (Å²) in [6.07, 6.45) is 1.50. The largest absolute Gasteiger partial charge is 1.00 e. The molecule has 0 aliphatic rings. The van der Waals surface area contributed by atoms with E-state index in [1.807, 2.05) is 109 Å². The first-order valence-corrected chi connectivity index (χ1v) is 22.2. The number of aromatic nitrogens is 6. The minimum Gasteiger partial charge on any atom is -0.744 e. The number of rotatable bonds is 17. The minimum atomic E-state index is -4.67. The van der Waals surface area contributed by atoms with Crippen LogP contribution in [0.15, 0.2) is 168 Å². The summed E-state index contributed by atoms with van der Waals surface area (Å²) in [4.78, 5) is 26.1. The summed E-state index contributed by atoms with van der Waals surface area (Å²) in [7, 11) is -9.34. The molecule has 2 aromatic heterocycles. The van der Waals surface area contributed by atoms with E-state index < -0.39 is 20.2 Å². The first-order valence-electron chi connectivity index (χ1n) is 19.4. The molecule has 0 aliphatic carbocycles. The van der Waals surface area contributed by atoms with Gasteiger partial charge in [0.1, 0.15) is 20.2 Å². The topological polar surface area (TPSA) is 264 Å². The third-order valence-electron chi connectivity index (χ3n) is 9.21. The Morgan fingerprint density at radius 2 is 0.591 bits per heavy atom. The van der Waals surface area contributed by atoms with E-state index in [4.69, 9.17) is 0 Å². The SMILES string of the molecule is O=S(=O)([O-])c1cccc(Nc2nc(Nc3ccccc3)nc(Nc3ccc(CCc4ccc(Nc5nc(Nc6ccccc6)nc(Nc6cccc(S(=O)(=O)[O-])c6)n5)cc4)cc3)n2)c1.[Na+].[Na+]. The zero-order valence-electron chi connectivity index (χ0n) is 35.4. The van der Waals surface area contributed by atoms with Crippen LogP contribution in [0.2, 0.25) is 0 Å². The summed E-state index contributed by atoms with van der Waals surface area (Å²) in [6.45, 7) is 0. The molecule has 0 saturated carbocycles. The summed E-state index contributed by atoms with van der Waals surface area (Å²) in [6, 6.07) is 45.2. The van der Waals surface area contributed by atoms with Gasteiger partial charge in [0.15, 0.2) is 0 Å². The van der Waals surface area contributed by atoms with Crippen LogP contribution in [0.3, 0.4) is 0 Å². The van der Waals surface area contributed by atoms with Crippen molar-refractivity contribution >= 4 is 90.1 Å². The maximum Gasteiger partial charge on any atom is 1.00 e. The van der Waals surface area contributed by atoms with Crippen LogP contribution in [0, 0.1) is 0 Å². The van der Waals surface area contributed by atoms with Gasteiger partial charge in [-0.25, -0.2) is 16.8 Å². The van der Waals surface area contributed by atoms with Gasteiger partial charge in [0.25, 0.3) is 0 Å². The van der Waals surface area contributed by atoms with Gasteiger partial charge in [-0.3, -0.25) is 0 Å². The van der Waals surface area contributed by atoms with Gasteiger partial charge in [-0.15, -0.1) is 0 Å². The van der Waals surface area contributed by atoms with Crippen LogP contribution in [0.1, 0.15) is 11.1 Å². The average molecular weight is 939 g/mol. The van der Waals surface area contributed by atoms with Gasteiger partial charge in [0, 0.05) is 34.1 Å². The number of nitrogens with one attached hydrogen (secondary N) is 6. The van der Waals surface area contributed by atoms with Gasteiger partial charge in [-0.1, -0.05) is 72.8 Å². The molecule has 8 aromatic rings. The number of benzene rings is 6. The second-order valence-electron chi connectivity index (χ2n) is 14.0. The smallest absolute Gasteiger partial charge is 0.744 e. The molecule has 8 rings (SSSR count).